The number of carbonyl (C=O) groups is 1. The van der Waals surface area contributed by atoms with Gasteiger partial charge in [-0.1, -0.05) is 19.1 Å². The number of aromatic nitrogens is 2. The molecule has 0 saturated heterocycles. The number of hydrogen-bond acceptors (Lipinski definition) is 2. The lowest BCUT2D eigenvalue weighted by molar-refractivity contribution is -0.653. The fraction of sp³-hybridized carbons (Fsp3) is 0.636. The van der Waals surface area contributed by atoms with Crippen LogP contribution in [0.5, 0.6) is 0 Å². The number of nitrogens with zero attached hydrogens (tertiary/aromatic N) is 2. The molecule has 0 atom stereocenters. The molecule has 0 amide bonds. The Bertz CT molecular complexity index is 831. The van der Waals surface area contributed by atoms with E-state index in [1.807, 2.05) is 6.07 Å². The minimum Gasteiger partial charge on any atom is -0.456 e. The Morgan fingerprint density at radius 1 is 1.15 bits per heavy atom. The van der Waals surface area contributed by atoms with Crippen molar-refractivity contribution >= 4 is 17.0 Å². The zero-order valence-corrected chi connectivity index (χ0v) is 15.9. The molecule has 4 nitrogen and oxygen atoms in total. The molecule has 0 unspecified atom stereocenters. The van der Waals surface area contributed by atoms with Crippen molar-refractivity contribution in [3.8, 4) is 0 Å². The van der Waals surface area contributed by atoms with Gasteiger partial charge in [0.2, 0.25) is 0 Å². The van der Waals surface area contributed by atoms with Crippen molar-refractivity contribution in [1.29, 1.82) is 0 Å². The van der Waals surface area contributed by atoms with Crippen molar-refractivity contribution in [2.75, 3.05) is 0 Å². The number of rotatable bonds is 4. The molecule has 0 spiro atoms. The Kier molecular flexibility index (Phi) is 3.67. The Morgan fingerprint density at radius 2 is 1.77 bits per heavy atom. The predicted octanol–water partition coefficient (Wildman–Crippen LogP) is 3.54. The number of carbonyl (C=O) groups excluding carboxylic acids is 1. The monoisotopic (exact) mass is 353 g/mol. The van der Waals surface area contributed by atoms with E-state index in [1.165, 1.54) is 30.6 Å². The first-order valence-electron chi connectivity index (χ1n) is 10.2. The zero-order chi connectivity index (χ0) is 17.9. The van der Waals surface area contributed by atoms with Crippen LogP contribution in [0.3, 0.4) is 0 Å². The number of fused-ring (bicyclic) bond motifs is 1. The van der Waals surface area contributed by atoms with Gasteiger partial charge in [0.05, 0.1) is 7.05 Å². The van der Waals surface area contributed by atoms with Crippen LogP contribution in [0.1, 0.15) is 51.3 Å². The summed E-state index contributed by atoms with van der Waals surface area (Å²) in [6, 6.07) is 8.32. The molecule has 4 saturated carbocycles. The maximum atomic E-state index is 13.0. The highest BCUT2D eigenvalue weighted by molar-refractivity contribution is 5.76. The van der Waals surface area contributed by atoms with E-state index < -0.39 is 0 Å². The lowest BCUT2D eigenvalue weighted by atomic mass is 9.54. The number of benzene rings is 1. The Morgan fingerprint density at radius 3 is 2.38 bits per heavy atom. The highest BCUT2D eigenvalue weighted by Gasteiger charge is 2.53. The summed E-state index contributed by atoms with van der Waals surface area (Å²) in [4.78, 5) is 13.0. The van der Waals surface area contributed by atoms with Crippen molar-refractivity contribution in [3.05, 3.63) is 30.1 Å². The lowest BCUT2D eigenvalue weighted by Gasteiger charge is -2.55. The lowest BCUT2D eigenvalue weighted by Crippen LogP contribution is -2.53. The van der Waals surface area contributed by atoms with Gasteiger partial charge in [0.15, 0.2) is 17.6 Å². The molecule has 26 heavy (non-hydrogen) atoms. The molecular weight excluding hydrogens is 324 g/mol. The third-order valence-electron chi connectivity index (χ3n) is 7.15. The van der Waals surface area contributed by atoms with E-state index >= 15 is 0 Å². The molecule has 1 aromatic heterocycles. The van der Waals surface area contributed by atoms with Crippen LogP contribution < -0.4 is 4.57 Å². The number of imidazole rings is 1. The molecular formula is C22H29N2O2+. The Hall–Kier alpha value is -1.84. The molecule has 138 valence electrons. The van der Waals surface area contributed by atoms with E-state index in [9.17, 15) is 4.79 Å². The summed E-state index contributed by atoms with van der Waals surface area (Å²) in [6.07, 6.45) is 8.32. The average Bonchev–Trinajstić information content (AvgIpc) is 2.85. The van der Waals surface area contributed by atoms with Gasteiger partial charge in [-0.05, 0) is 68.4 Å². The molecule has 4 heteroatoms. The normalized spacial score (nSPS) is 32.3. The third-order valence-corrected chi connectivity index (χ3v) is 7.15. The molecule has 1 heterocycles. The summed E-state index contributed by atoms with van der Waals surface area (Å²) >= 11 is 0. The first-order chi connectivity index (χ1) is 12.6. The van der Waals surface area contributed by atoms with Crippen LogP contribution in [-0.2, 0) is 29.5 Å². The fourth-order valence-electron chi connectivity index (χ4n) is 6.60. The van der Waals surface area contributed by atoms with E-state index in [2.05, 4.69) is 41.3 Å². The zero-order valence-electron chi connectivity index (χ0n) is 15.9. The number of aryl methyl sites for hydroxylation is 1. The quantitative estimate of drug-likeness (QED) is 0.622. The second-order valence-corrected chi connectivity index (χ2v) is 8.98. The van der Waals surface area contributed by atoms with Crippen molar-refractivity contribution in [2.45, 2.75) is 64.0 Å². The number of esters is 1. The Labute approximate surface area is 155 Å². The van der Waals surface area contributed by atoms with Crippen LogP contribution in [0, 0.1) is 17.8 Å². The topological polar surface area (TPSA) is 35.1 Å². The first-order valence-corrected chi connectivity index (χ1v) is 10.2. The minimum atomic E-state index is -0.149. The summed E-state index contributed by atoms with van der Waals surface area (Å²) in [6.45, 7) is 2.47. The molecule has 4 bridgehead atoms. The van der Waals surface area contributed by atoms with Crippen LogP contribution in [-0.4, -0.2) is 16.1 Å². The second-order valence-electron chi connectivity index (χ2n) is 8.98. The standard InChI is InChI=1S/C22H29N2O2/c1-3-20-23(2)18-6-4-5-7-19(18)24(20)14-21(25)26-22-11-15-8-16(12-22)10-17(9-15)13-22/h4-7,15-17H,3,8-14H2,1-2H3/q+1. The largest absolute Gasteiger partial charge is 0.456 e. The van der Waals surface area contributed by atoms with E-state index in [0.717, 1.165) is 49.0 Å². The van der Waals surface area contributed by atoms with Gasteiger partial charge in [0.1, 0.15) is 5.60 Å². The van der Waals surface area contributed by atoms with Crippen molar-refractivity contribution in [3.63, 3.8) is 0 Å². The molecule has 0 N–H and O–H groups in total. The molecule has 4 fully saturated rings. The fourth-order valence-corrected chi connectivity index (χ4v) is 6.60. The van der Waals surface area contributed by atoms with Gasteiger partial charge < -0.3 is 4.74 Å². The van der Waals surface area contributed by atoms with Crippen LogP contribution in [0.4, 0.5) is 0 Å². The maximum absolute atomic E-state index is 13.0. The highest BCUT2D eigenvalue weighted by Crippen LogP contribution is 2.57. The molecule has 1 aromatic carbocycles. The van der Waals surface area contributed by atoms with Crippen molar-refractivity contribution in [1.82, 2.24) is 4.57 Å². The molecule has 0 radical (unpaired) electrons. The van der Waals surface area contributed by atoms with E-state index in [1.54, 1.807) is 0 Å². The van der Waals surface area contributed by atoms with Crippen LogP contribution in [0.2, 0.25) is 0 Å². The Balaban J connectivity index is 1.41. The van der Waals surface area contributed by atoms with E-state index in [4.69, 9.17) is 4.74 Å². The van der Waals surface area contributed by atoms with Gasteiger partial charge in [0, 0.05) is 6.42 Å². The van der Waals surface area contributed by atoms with Gasteiger partial charge >= 0.3 is 5.97 Å². The predicted molar refractivity (Wildman–Crippen MR) is 99.5 cm³/mol. The summed E-state index contributed by atoms with van der Waals surface area (Å²) in [5.74, 6) is 3.51. The number of para-hydroxylation sites is 2. The van der Waals surface area contributed by atoms with Crippen LogP contribution >= 0.6 is 0 Å². The first kappa shape index (κ1) is 16.3. The third kappa shape index (κ3) is 2.49. The molecule has 2 aromatic rings. The summed E-state index contributed by atoms with van der Waals surface area (Å²) in [7, 11) is 2.09. The van der Waals surface area contributed by atoms with Gasteiger partial charge in [-0.15, -0.1) is 0 Å². The van der Waals surface area contributed by atoms with Crippen LogP contribution in [0.25, 0.3) is 11.0 Å². The molecule has 4 aliphatic rings. The van der Waals surface area contributed by atoms with E-state index in [0.29, 0.717) is 6.54 Å². The second kappa shape index (κ2) is 5.83. The van der Waals surface area contributed by atoms with Gasteiger partial charge in [0.25, 0.3) is 5.82 Å². The highest BCUT2D eigenvalue weighted by atomic mass is 16.6. The maximum Gasteiger partial charge on any atom is 0.349 e. The molecule has 0 aliphatic heterocycles. The summed E-state index contributed by atoms with van der Waals surface area (Å²) < 4.78 is 10.6. The van der Waals surface area contributed by atoms with Gasteiger partial charge in [-0.3, -0.25) is 0 Å². The number of ether oxygens (including phenoxy) is 1. The minimum absolute atomic E-state index is 0.0528. The average molecular weight is 353 g/mol. The summed E-state index contributed by atoms with van der Waals surface area (Å²) in [5, 5.41) is 0. The summed E-state index contributed by atoms with van der Waals surface area (Å²) in [5.41, 5.74) is 2.14. The van der Waals surface area contributed by atoms with Gasteiger partial charge in [-0.25, -0.2) is 13.9 Å². The smallest absolute Gasteiger partial charge is 0.349 e. The number of hydrogen-bond donors (Lipinski definition) is 0. The van der Waals surface area contributed by atoms with E-state index in [-0.39, 0.29) is 11.6 Å². The van der Waals surface area contributed by atoms with Crippen molar-refractivity contribution < 1.29 is 14.1 Å². The van der Waals surface area contributed by atoms with Crippen molar-refractivity contribution in [2.24, 2.45) is 24.8 Å². The van der Waals surface area contributed by atoms with Crippen LogP contribution in [0.15, 0.2) is 24.3 Å². The molecule has 4 aliphatic carbocycles. The SMILES string of the molecule is CCc1n(CC(=O)OC23CC4CC(CC(C4)C2)C3)c2ccccc2[n+]1C. The molecule has 6 rings (SSSR count). The van der Waals surface area contributed by atoms with Gasteiger partial charge in [-0.2, -0.15) is 0 Å².